The van der Waals surface area contributed by atoms with Crippen LogP contribution in [0.2, 0.25) is 0 Å². The highest BCUT2D eigenvalue weighted by molar-refractivity contribution is 7.12. The van der Waals surface area contributed by atoms with E-state index in [4.69, 9.17) is 0 Å². The molecular formula is C24H24N2OS. The predicted molar refractivity (Wildman–Crippen MR) is 113 cm³/mol. The molecule has 3 nitrogen and oxygen atoms in total. The van der Waals surface area contributed by atoms with Crippen molar-refractivity contribution in [2.45, 2.75) is 31.7 Å². The zero-order valence-electron chi connectivity index (χ0n) is 15.9. The lowest BCUT2D eigenvalue weighted by atomic mass is 9.75. The molecule has 1 atom stereocenters. The number of carbonyl (C=O) groups excluding carboxylic acids is 1. The van der Waals surface area contributed by atoms with E-state index in [1.165, 1.54) is 35.1 Å². The van der Waals surface area contributed by atoms with Gasteiger partial charge in [0.25, 0.3) is 0 Å². The fourth-order valence-electron chi connectivity index (χ4n) is 4.91. The molecule has 2 aromatic heterocycles. The molecule has 142 valence electrons. The van der Waals surface area contributed by atoms with Crippen molar-refractivity contribution in [3.05, 3.63) is 87.4 Å². The first-order chi connectivity index (χ1) is 13.8. The van der Waals surface area contributed by atoms with E-state index in [0.29, 0.717) is 18.3 Å². The summed E-state index contributed by atoms with van der Waals surface area (Å²) in [7, 11) is 0. The van der Waals surface area contributed by atoms with E-state index >= 15 is 0 Å². The quantitative estimate of drug-likeness (QED) is 0.638. The van der Waals surface area contributed by atoms with Crippen molar-refractivity contribution in [1.82, 2.24) is 9.88 Å². The first-order valence-corrected chi connectivity index (χ1v) is 11.0. The van der Waals surface area contributed by atoms with Crippen LogP contribution in [0.1, 0.15) is 50.7 Å². The lowest BCUT2D eigenvalue weighted by molar-refractivity contribution is 0.0996. The van der Waals surface area contributed by atoms with Crippen LogP contribution < -0.4 is 0 Å². The third kappa shape index (κ3) is 3.31. The van der Waals surface area contributed by atoms with Crippen LogP contribution in [0.5, 0.6) is 0 Å². The van der Waals surface area contributed by atoms with Crippen LogP contribution in [-0.2, 0) is 13.0 Å². The topological polar surface area (TPSA) is 33.2 Å². The monoisotopic (exact) mass is 388 g/mol. The molecule has 3 aromatic rings. The van der Waals surface area contributed by atoms with Crippen LogP contribution in [0.3, 0.4) is 0 Å². The highest BCUT2D eigenvalue weighted by atomic mass is 32.1. The smallest absolute Gasteiger partial charge is 0.177 e. The van der Waals surface area contributed by atoms with Gasteiger partial charge in [0.1, 0.15) is 0 Å². The molecule has 1 unspecified atom stereocenters. The molecule has 5 rings (SSSR count). The van der Waals surface area contributed by atoms with Crippen molar-refractivity contribution in [1.29, 1.82) is 0 Å². The summed E-state index contributed by atoms with van der Waals surface area (Å²) in [5.41, 5.74) is 5.15. The maximum Gasteiger partial charge on any atom is 0.177 e. The van der Waals surface area contributed by atoms with Gasteiger partial charge < -0.3 is 0 Å². The van der Waals surface area contributed by atoms with Gasteiger partial charge in [-0.25, -0.2) is 0 Å². The summed E-state index contributed by atoms with van der Waals surface area (Å²) in [5.74, 6) is 1.23. The van der Waals surface area contributed by atoms with Crippen molar-refractivity contribution in [2.75, 3.05) is 13.1 Å². The van der Waals surface area contributed by atoms with Gasteiger partial charge in [-0.3, -0.25) is 14.7 Å². The summed E-state index contributed by atoms with van der Waals surface area (Å²) in [5, 5.41) is 2.10. The molecule has 0 N–H and O–H groups in total. The van der Waals surface area contributed by atoms with Gasteiger partial charge in [-0.15, -0.1) is 11.3 Å². The minimum Gasteiger partial charge on any atom is -0.299 e. The fourth-order valence-corrected chi connectivity index (χ4v) is 5.80. The van der Waals surface area contributed by atoms with Gasteiger partial charge in [-0.1, -0.05) is 30.3 Å². The molecule has 0 bridgehead atoms. The van der Waals surface area contributed by atoms with Crippen LogP contribution in [0.15, 0.2) is 60.2 Å². The molecule has 2 aliphatic rings. The molecule has 1 saturated heterocycles. The Bertz CT molecular complexity index is 973. The number of pyridine rings is 1. The minimum atomic E-state index is 0.286. The van der Waals surface area contributed by atoms with Gasteiger partial charge in [0.05, 0.1) is 4.88 Å². The molecule has 1 aliphatic heterocycles. The van der Waals surface area contributed by atoms with Crippen molar-refractivity contribution in [2.24, 2.45) is 5.92 Å². The second kappa shape index (κ2) is 7.61. The van der Waals surface area contributed by atoms with Gasteiger partial charge in [0.15, 0.2) is 5.78 Å². The number of carbonyl (C=O) groups is 1. The van der Waals surface area contributed by atoms with Gasteiger partial charge >= 0.3 is 0 Å². The molecule has 0 spiro atoms. The molecule has 0 amide bonds. The first kappa shape index (κ1) is 17.8. The number of thiophene rings is 1. The predicted octanol–water partition coefficient (Wildman–Crippen LogP) is 4.93. The minimum absolute atomic E-state index is 0.286. The molecule has 3 heterocycles. The number of piperidine rings is 1. The van der Waals surface area contributed by atoms with Crippen molar-refractivity contribution >= 4 is 17.1 Å². The molecule has 0 saturated carbocycles. The van der Waals surface area contributed by atoms with Gasteiger partial charge in [0.2, 0.25) is 0 Å². The molecule has 28 heavy (non-hydrogen) atoms. The van der Waals surface area contributed by atoms with E-state index in [-0.39, 0.29) is 5.78 Å². The number of ketones is 1. The van der Waals surface area contributed by atoms with Crippen LogP contribution in [0, 0.1) is 5.92 Å². The zero-order chi connectivity index (χ0) is 18.9. The van der Waals surface area contributed by atoms with E-state index in [2.05, 4.69) is 51.7 Å². The summed E-state index contributed by atoms with van der Waals surface area (Å²) in [6, 6.07) is 15.0. The van der Waals surface area contributed by atoms with E-state index in [0.717, 1.165) is 24.5 Å². The van der Waals surface area contributed by atoms with Crippen LogP contribution in [0.25, 0.3) is 0 Å². The SMILES string of the molecule is O=C1Cc2ccccc2C(C2CCN(Cc3cccnc3)CC2)c2ccsc21. The average Bonchev–Trinajstić information content (AvgIpc) is 3.17. The summed E-state index contributed by atoms with van der Waals surface area (Å²) < 4.78 is 0. The Morgan fingerprint density at radius 3 is 2.71 bits per heavy atom. The van der Waals surface area contributed by atoms with E-state index in [1.807, 2.05) is 18.5 Å². The van der Waals surface area contributed by atoms with E-state index < -0.39 is 0 Å². The third-order valence-electron chi connectivity index (χ3n) is 6.26. The molecule has 1 aliphatic carbocycles. The summed E-state index contributed by atoms with van der Waals surface area (Å²) >= 11 is 1.62. The largest absolute Gasteiger partial charge is 0.299 e. The summed E-state index contributed by atoms with van der Waals surface area (Å²) in [6.07, 6.45) is 6.68. The van der Waals surface area contributed by atoms with Crippen LogP contribution >= 0.6 is 11.3 Å². The number of benzene rings is 1. The Hall–Kier alpha value is -2.30. The maximum atomic E-state index is 12.8. The molecule has 1 aromatic carbocycles. The lowest BCUT2D eigenvalue weighted by Gasteiger charge is -2.36. The number of aromatic nitrogens is 1. The summed E-state index contributed by atoms with van der Waals surface area (Å²) in [6.45, 7) is 3.18. The second-order valence-corrected chi connectivity index (χ2v) is 8.87. The Labute approximate surface area is 170 Å². The van der Waals surface area contributed by atoms with E-state index in [9.17, 15) is 4.79 Å². The average molecular weight is 389 g/mol. The van der Waals surface area contributed by atoms with Gasteiger partial charge in [0, 0.05) is 31.3 Å². The number of fused-ring (bicyclic) bond motifs is 2. The number of rotatable bonds is 3. The number of hydrogen-bond acceptors (Lipinski definition) is 4. The van der Waals surface area contributed by atoms with Crippen molar-refractivity contribution in [3.63, 3.8) is 0 Å². The molecular weight excluding hydrogens is 364 g/mol. The second-order valence-electron chi connectivity index (χ2n) is 7.96. The van der Waals surface area contributed by atoms with E-state index in [1.54, 1.807) is 11.3 Å². The fraction of sp³-hybridized carbons (Fsp3) is 0.333. The lowest BCUT2D eigenvalue weighted by Crippen LogP contribution is -2.35. The standard InChI is InChI=1S/C24H24N2OS/c27-22-14-19-5-1-2-6-20(19)23(21-9-13-28-24(21)22)18-7-11-26(12-8-18)16-17-4-3-10-25-15-17/h1-6,9-10,13,15,18,23H,7-8,11-12,14,16H2. The number of Topliss-reactive ketones (excluding diaryl/α,β-unsaturated/α-hetero) is 1. The zero-order valence-corrected chi connectivity index (χ0v) is 16.7. The third-order valence-corrected chi connectivity index (χ3v) is 7.23. The van der Waals surface area contributed by atoms with Crippen molar-refractivity contribution in [3.8, 4) is 0 Å². The Morgan fingerprint density at radius 1 is 1.04 bits per heavy atom. The normalized spacial score (nSPS) is 20.4. The molecule has 4 heteroatoms. The Balaban J connectivity index is 1.40. The maximum absolute atomic E-state index is 12.8. The van der Waals surface area contributed by atoms with Crippen LogP contribution in [0.4, 0.5) is 0 Å². The first-order valence-electron chi connectivity index (χ1n) is 10.1. The Kier molecular flexibility index (Phi) is 4.83. The van der Waals surface area contributed by atoms with Gasteiger partial charge in [-0.05, 0) is 71.6 Å². The Morgan fingerprint density at radius 2 is 1.89 bits per heavy atom. The number of nitrogens with zero attached hydrogens (tertiary/aromatic N) is 2. The molecule has 0 radical (unpaired) electrons. The number of hydrogen-bond donors (Lipinski definition) is 0. The highest BCUT2D eigenvalue weighted by Crippen LogP contribution is 2.44. The highest BCUT2D eigenvalue weighted by Gasteiger charge is 2.35. The van der Waals surface area contributed by atoms with Gasteiger partial charge in [-0.2, -0.15) is 0 Å². The number of likely N-dealkylation sites (tertiary alicyclic amines) is 1. The van der Waals surface area contributed by atoms with Crippen molar-refractivity contribution < 1.29 is 4.79 Å². The van der Waals surface area contributed by atoms with Crippen LogP contribution in [-0.4, -0.2) is 28.8 Å². The molecule has 1 fully saturated rings. The summed E-state index contributed by atoms with van der Waals surface area (Å²) in [4.78, 5) is 20.6.